The highest BCUT2D eigenvalue weighted by Gasteiger charge is 2.47. The van der Waals surface area contributed by atoms with Gasteiger partial charge in [0.25, 0.3) is 0 Å². The van der Waals surface area contributed by atoms with Crippen molar-refractivity contribution in [2.24, 2.45) is 0 Å². The van der Waals surface area contributed by atoms with Crippen LogP contribution < -0.4 is 10.1 Å². The van der Waals surface area contributed by atoms with Gasteiger partial charge in [-0.05, 0) is 38.2 Å². The van der Waals surface area contributed by atoms with Crippen LogP contribution in [0.3, 0.4) is 0 Å². The highest BCUT2D eigenvalue weighted by Crippen LogP contribution is 2.45. The number of halogens is 2. The van der Waals surface area contributed by atoms with Crippen LogP contribution in [0.1, 0.15) is 31.9 Å². The smallest absolute Gasteiger partial charge is 0.184 e. The van der Waals surface area contributed by atoms with Crippen molar-refractivity contribution >= 4 is 28.9 Å². The van der Waals surface area contributed by atoms with Crippen molar-refractivity contribution in [3.63, 3.8) is 0 Å². The third-order valence-corrected chi connectivity index (χ3v) is 4.30. The minimum Gasteiger partial charge on any atom is -0.465 e. The predicted molar refractivity (Wildman–Crippen MR) is 75.9 cm³/mol. The number of rotatable bonds is 1. The summed E-state index contributed by atoms with van der Waals surface area (Å²) in [6.45, 7) is 4.64. The normalized spacial score (nSPS) is 28.5. The number of thiocarbonyl (C=S) groups is 1. The Hall–Kier alpha value is -1.07. The van der Waals surface area contributed by atoms with Crippen molar-refractivity contribution in [3.05, 3.63) is 28.5 Å². The summed E-state index contributed by atoms with van der Waals surface area (Å²) in [7, 11) is 0. The molecule has 1 saturated heterocycles. The molecule has 0 radical (unpaired) electrons. The van der Waals surface area contributed by atoms with Crippen LogP contribution in [0.25, 0.3) is 0 Å². The highest BCUT2D eigenvalue weighted by atomic mass is 35.5. The molecule has 1 aromatic carbocycles. The Morgan fingerprint density at radius 1 is 1.63 bits per heavy atom. The number of hydrogen-bond acceptors (Lipinski definition) is 2. The van der Waals surface area contributed by atoms with E-state index in [-0.39, 0.29) is 11.8 Å². The van der Waals surface area contributed by atoms with Gasteiger partial charge in [-0.25, -0.2) is 4.39 Å². The fourth-order valence-corrected chi connectivity index (χ4v) is 3.59. The van der Waals surface area contributed by atoms with Crippen molar-refractivity contribution in [1.29, 1.82) is 0 Å². The van der Waals surface area contributed by atoms with Crippen LogP contribution >= 0.6 is 23.8 Å². The van der Waals surface area contributed by atoms with Crippen molar-refractivity contribution in [2.75, 3.05) is 6.54 Å². The Bertz CT molecular complexity index is 568. The van der Waals surface area contributed by atoms with Crippen LogP contribution in [0.4, 0.5) is 4.39 Å². The van der Waals surface area contributed by atoms with Gasteiger partial charge in [0.1, 0.15) is 0 Å². The molecule has 2 aliphatic heterocycles. The van der Waals surface area contributed by atoms with Gasteiger partial charge in [-0.15, -0.1) is 0 Å². The van der Waals surface area contributed by atoms with E-state index in [1.54, 1.807) is 6.07 Å². The van der Waals surface area contributed by atoms with E-state index in [2.05, 4.69) is 5.32 Å². The molecule has 1 N–H and O–H groups in total. The van der Waals surface area contributed by atoms with Crippen LogP contribution in [0.15, 0.2) is 12.1 Å². The topological polar surface area (TPSA) is 24.5 Å². The second kappa shape index (κ2) is 4.21. The Morgan fingerprint density at radius 3 is 3.05 bits per heavy atom. The highest BCUT2D eigenvalue weighted by molar-refractivity contribution is 7.80. The lowest BCUT2D eigenvalue weighted by Gasteiger charge is -2.52. The van der Waals surface area contributed by atoms with E-state index in [1.807, 2.05) is 18.7 Å². The van der Waals surface area contributed by atoms with Gasteiger partial charge < -0.3 is 15.0 Å². The standard InChI is InChI=1S/C13H14ClFN2OS/c1-3-17-12(19)16-10-6-13(17,2)18-11-8(10)4-7(14)5-9(11)15/h4-5,10H,3,6H2,1-2H3,(H,16,19). The molecule has 2 atom stereocenters. The minimum atomic E-state index is -0.608. The summed E-state index contributed by atoms with van der Waals surface area (Å²) in [6.07, 6.45) is 0.702. The molecule has 0 spiro atoms. The Morgan fingerprint density at radius 2 is 2.37 bits per heavy atom. The molecule has 2 heterocycles. The first kappa shape index (κ1) is 12.9. The molecule has 0 saturated carbocycles. The second-order valence-corrected chi connectivity index (χ2v) is 5.86. The Balaban J connectivity index is 2.13. The van der Waals surface area contributed by atoms with E-state index in [0.717, 1.165) is 5.56 Å². The van der Waals surface area contributed by atoms with Gasteiger partial charge in [0, 0.05) is 23.6 Å². The summed E-state index contributed by atoms with van der Waals surface area (Å²) in [5, 5.41) is 4.24. The molecule has 0 aliphatic carbocycles. The van der Waals surface area contributed by atoms with E-state index < -0.39 is 11.5 Å². The van der Waals surface area contributed by atoms with Gasteiger partial charge in [0.05, 0.1) is 6.04 Å². The first-order valence-corrected chi connectivity index (χ1v) is 6.99. The Labute approximate surface area is 121 Å². The summed E-state index contributed by atoms with van der Waals surface area (Å²) >= 11 is 11.3. The van der Waals surface area contributed by atoms with E-state index in [4.69, 9.17) is 28.6 Å². The minimum absolute atomic E-state index is 0.0581. The zero-order valence-corrected chi connectivity index (χ0v) is 12.2. The Kier molecular flexibility index (Phi) is 2.87. The summed E-state index contributed by atoms with van der Waals surface area (Å²) in [5.41, 5.74) is 0.129. The number of nitrogens with one attached hydrogen (secondary N) is 1. The van der Waals surface area contributed by atoms with Crippen molar-refractivity contribution < 1.29 is 9.13 Å². The second-order valence-electron chi connectivity index (χ2n) is 5.03. The van der Waals surface area contributed by atoms with Gasteiger partial charge >= 0.3 is 0 Å². The number of hydrogen-bond donors (Lipinski definition) is 1. The number of fused-ring (bicyclic) bond motifs is 4. The molecule has 3 nitrogen and oxygen atoms in total. The van der Waals surface area contributed by atoms with E-state index in [9.17, 15) is 4.39 Å². The summed E-state index contributed by atoms with van der Waals surface area (Å²) in [6, 6.07) is 2.96. The monoisotopic (exact) mass is 300 g/mol. The largest absolute Gasteiger partial charge is 0.465 e. The molecule has 0 amide bonds. The molecule has 2 bridgehead atoms. The van der Waals surface area contributed by atoms with Gasteiger partial charge in [-0.3, -0.25) is 0 Å². The first-order chi connectivity index (χ1) is 8.94. The molecule has 3 rings (SSSR count). The van der Waals surface area contributed by atoms with Gasteiger partial charge in [0.2, 0.25) is 0 Å². The summed E-state index contributed by atoms with van der Waals surface area (Å²) < 4.78 is 20.0. The molecule has 2 aliphatic rings. The third-order valence-electron chi connectivity index (χ3n) is 3.75. The maximum absolute atomic E-state index is 14.0. The third kappa shape index (κ3) is 1.87. The zero-order valence-electron chi connectivity index (χ0n) is 10.7. The quantitative estimate of drug-likeness (QED) is 0.805. The molecule has 1 fully saturated rings. The summed E-state index contributed by atoms with van der Waals surface area (Å²) in [5.74, 6) is -0.152. The van der Waals surface area contributed by atoms with Crippen LogP contribution in [-0.4, -0.2) is 22.3 Å². The van der Waals surface area contributed by atoms with Crippen molar-refractivity contribution in [3.8, 4) is 5.75 Å². The predicted octanol–water partition coefficient (Wildman–Crippen LogP) is 3.23. The van der Waals surface area contributed by atoms with Gasteiger partial charge in [0.15, 0.2) is 22.4 Å². The van der Waals surface area contributed by atoms with Crippen LogP contribution in [0.5, 0.6) is 5.75 Å². The molecule has 102 valence electrons. The molecule has 6 heteroatoms. The maximum atomic E-state index is 14.0. The van der Waals surface area contributed by atoms with Crippen molar-refractivity contribution in [1.82, 2.24) is 10.2 Å². The number of benzene rings is 1. The lowest BCUT2D eigenvalue weighted by molar-refractivity contribution is -0.0684. The molecular formula is C13H14ClFN2OS. The molecule has 2 unspecified atom stereocenters. The van der Waals surface area contributed by atoms with E-state index >= 15 is 0 Å². The molecule has 0 aromatic heterocycles. The molecule has 1 aromatic rings. The fraction of sp³-hybridized carbons (Fsp3) is 0.462. The molecular weight excluding hydrogens is 287 g/mol. The van der Waals surface area contributed by atoms with Crippen molar-refractivity contribution in [2.45, 2.75) is 32.0 Å². The van der Waals surface area contributed by atoms with Gasteiger partial charge in [-0.2, -0.15) is 0 Å². The number of nitrogens with zero attached hydrogens (tertiary/aromatic N) is 1. The van der Waals surface area contributed by atoms with E-state index in [1.165, 1.54) is 6.07 Å². The fourth-order valence-electron chi connectivity index (χ4n) is 2.91. The lowest BCUT2D eigenvalue weighted by atomic mass is 9.90. The lowest BCUT2D eigenvalue weighted by Crippen LogP contribution is -2.64. The number of ether oxygens (including phenoxy) is 1. The average Bonchev–Trinajstić information content (AvgIpc) is 2.31. The SMILES string of the molecule is CCN1C(=S)NC2CC1(C)Oc1c(F)cc(Cl)cc12. The van der Waals surface area contributed by atoms with Crippen LogP contribution in [0.2, 0.25) is 5.02 Å². The van der Waals surface area contributed by atoms with Crippen LogP contribution in [0, 0.1) is 5.82 Å². The maximum Gasteiger partial charge on any atom is 0.184 e. The van der Waals surface area contributed by atoms with Crippen LogP contribution in [-0.2, 0) is 0 Å². The zero-order chi connectivity index (χ0) is 13.8. The first-order valence-electron chi connectivity index (χ1n) is 6.20. The molecule has 19 heavy (non-hydrogen) atoms. The van der Waals surface area contributed by atoms with E-state index in [0.29, 0.717) is 23.1 Å². The summed E-state index contributed by atoms with van der Waals surface area (Å²) in [4.78, 5) is 1.94. The van der Waals surface area contributed by atoms with Gasteiger partial charge in [-0.1, -0.05) is 11.6 Å². The average molecular weight is 301 g/mol.